The highest BCUT2D eigenvalue weighted by atomic mass is 19.1. The monoisotopic (exact) mass is 533 g/mol. The summed E-state index contributed by atoms with van der Waals surface area (Å²) in [4.78, 5) is 22.1. The number of hydrogen-bond donors (Lipinski definition) is 1. The van der Waals surface area contributed by atoms with Crippen molar-refractivity contribution in [2.75, 3.05) is 26.8 Å². The van der Waals surface area contributed by atoms with Crippen molar-refractivity contribution in [3.05, 3.63) is 59.6 Å². The number of amides is 1. The number of aliphatic hydroxyl groups excluding tert-OH is 1. The highest BCUT2D eigenvalue weighted by Crippen LogP contribution is 2.32. The van der Waals surface area contributed by atoms with Crippen molar-refractivity contribution in [2.45, 2.75) is 38.8 Å². The third-order valence-corrected chi connectivity index (χ3v) is 6.78. The van der Waals surface area contributed by atoms with E-state index in [4.69, 9.17) is 9.47 Å². The van der Waals surface area contributed by atoms with E-state index in [0.29, 0.717) is 41.7 Å². The van der Waals surface area contributed by atoms with Crippen LogP contribution >= 0.6 is 0 Å². The van der Waals surface area contributed by atoms with Crippen LogP contribution in [0.3, 0.4) is 0 Å². The van der Waals surface area contributed by atoms with E-state index in [0.717, 1.165) is 30.3 Å². The molecule has 39 heavy (non-hydrogen) atoms. The fraction of sp³-hybridized carbons (Fsp3) is 0.370. The number of aromatic nitrogens is 6. The van der Waals surface area contributed by atoms with Gasteiger partial charge in [-0.3, -0.25) is 9.38 Å². The Morgan fingerprint density at radius 2 is 2.03 bits per heavy atom. The Labute approximate surface area is 224 Å². The lowest BCUT2D eigenvalue weighted by atomic mass is 10.0. The molecule has 202 valence electrons. The highest BCUT2D eigenvalue weighted by Gasteiger charge is 2.27. The first-order chi connectivity index (χ1) is 18.9. The van der Waals surface area contributed by atoms with Crippen LogP contribution in [-0.4, -0.2) is 72.3 Å². The molecule has 0 aliphatic carbocycles. The van der Waals surface area contributed by atoms with E-state index in [2.05, 4.69) is 32.1 Å². The Hall–Kier alpha value is -4.50. The van der Waals surface area contributed by atoms with Gasteiger partial charge in [-0.15, -0.1) is 5.10 Å². The molecule has 4 aromatic rings. The van der Waals surface area contributed by atoms with Gasteiger partial charge in [0.25, 0.3) is 0 Å². The van der Waals surface area contributed by atoms with Crippen LogP contribution in [0, 0.1) is 24.6 Å². The minimum absolute atomic E-state index is 0.0905. The highest BCUT2D eigenvalue weighted by molar-refractivity contribution is 5.69. The van der Waals surface area contributed by atoms with Gasteiger partial charge in [-0.05, 0) is 50.8 Å². The number of imidazole rings is 1. The first-order valence-corrected chi connectivity index (χ1v) is 12.5. The summed E-state index contributed by atoms with van der Waals surface area (Å²) in [6.07, 6.45) is 3.00. The number of halogens is 1. The molecular formula is C27H28FN7O4. The van der Waals surface area contributed by atoms with Crippen LogP contribution in [0.2, 0.25) is 0 Å². The second-order valence-corrected chi connectivity index (χ2v) is 9.14. The second kappa shape index (κ2) is 11.1. The van der Waals surface area contributed by atoms with E-state index in [1.165, 1.54) is 19.2 Å². The number of fused-ring (bicyclic) bond motifs is 1. The zero-order chi connectivity index (χ0) is 27.5. The lowest BCUT2D eigenvalue weighted by molar-refractivity contribution is 0.105. The van der Waals surface area contributed by atoms with Crippen LogP contribution in [0.4, 0.5) is 9.18 Å². The molecule has 1 saturated heterocycles. The number of pyridine rings is 2. The Morgan fingerprint density at radius 1 is 1.23 bits per heavy atom. The summed E-state index contributed by atoms with van der Waals surface area (Å²) in [5.74, 6) is 5.77. The lowest BCUT2D eigenvalue weighted by Crippen LogP contribution is -2.39. The van der Waals surface area contributed by atoms with Gasteiger partial charge in [0.1, 0.15) is 22.9 Å². The van der Waals surface area contributed by atoms with Gasteiger partial charge in [-0.1, -0.05) is 11.1 Å². The average molecular weight is 534 g/mol. The Balaban J connectivity index is 1.50. The van der Waals surface area contributed by atoms with Gasteiger partial charge in [0.15, 0.2) is 6.10 Å². The Morgan fingerprint density at radius 3 is 2.69 bits per heavy atom. The smallest absolute Gasteiger partial charge is 0.409 e. The largest absolute Gasteiger partial charge is 0.466 e. The van der Waals surface area contributed by atoms with E-state index < -0.39 is 11.9 Å². The number of piperidine rings is 1. The molecule has 1 unspecified atom stereocenters. The number of nitrogens with zero attached hydrogens (tertiary/aromatic N) is 7. The van der Waals surface area contributed by atoms with Crippen LogP contribution in [0.15, 0.2) is 36.7 Å². The SMILES string of the molecule is CC#Cc1cnc2cc(-c3nnn(C4CCN(C(=O)OC)CC4)c3C)cc(OC(CO)c3ccc(F)cn3)n12. The van der Waals surface area contributed by atoms with Crippen LogP contribution in [0.25, 0.3) is 16.9 Å². The molecule has 4 aromatic heterocycles. The number of methoxy groups -OCH3 is 1. The predicted molar refractivity (Wildman–Crippen MR) is 138 cm³/mol. The maximum absolute atomic E-state index is 13.4. The zero-order valence-corrected chi connectivity index (χ0v) is 21.8. The molecule has 0 spiro atoms. The number of aliphatic hydroxyl groups is 1. The van der Waals surface area contributed by atoms with Gasteiger partial charge in [-0.25, -0.2) is 18.9 Å². The van der Waals surface area contributed by atoms with Gasteiger partial charge in [-0.2, -0.15) is 0 Å². The first-order valence-electron chi connectivity index (χ1n) is 12.5. The van der Waals surface area contributed by atoms with Crippen molar-refractivity contribution >= 4 is 11.7 Å². The van der Waals surface area contributed by atoms with E-state index in [9.17, 15) is 14.3 Å². The third kappa shape index (κ3) is 5.13. The summed E-state index contributed by atoms with van der Waals surface area (Å²) in [5.41, 5.74) is 3.80. The van der Waals surface area contributed by atoms with E-state index in [1.807, 2.05) is 17.7 Å². The molecule has 12 heteroatoms. The van der Waals surface area contributed by atoms with E-state index in [-0.39, 0.29) is 18.7 Å². The van der Waals surface area contributed by atoms with Crippen LogP contribution in [-0.2, 0) is 4.74 Å². The van der Waals surface area contributed by atoms with Crippen LogP contribution < -0.4 is 4.74 Å². The van der Waals surface area contributed by atoms with Gasteiger partial charge >= 0.3 is 6.09 Å². The number of carbonyl (C=O) groups is 1. The summed E-state index contributed by atoms with van der Waals surface area (Å²) in [6, 6.07) is 6.50. The summed E-state index contributed by atoms with van der Waals surface area (Å²) in [5, 5.41) is 19.0. The molecule has 0 bridgehead atoms. The van der Waals surface area contributed by atoms with Crippen molar-refractivity contribution in [2.24, 2.45) is 0 Å². The summed E-state index contributed by atoms with van der Waals surface area (Å²) < 4.78 is 28.2. The number of hydrogen-bond acceptors (Lipinski definition) is 8. The van der Waals surface area contributed by atoms with Crippen molar-refractivity contribution in [3.63, 3.8) is 0 Å². The van der Waals surface area contributed by atoms with E-state index in [1.54, 1.807) is 28.5 Å². The Kier molecular flexibility index (Phi) is 7.42. The van der Waals surface area contributed by atoms with Gasteiger partial charge in [0, 0.05) is 24.7 Å². The van der Waals surface area contributed by atoms with Gasteiger partial charge in [0.2, 0.25) is 5.88 Å². The van der Waals surface area contributed by atoms with Crippen molar-refractivity contribution in [3.8, 4) is 29.0 Å². The number of likely N-dealkylation sites (tertiary alicyclic amines) is 1. The molecule has 1 atom stereocenters. The molecule has 1 aliphatic heterocycles. The molecule has 1 aliphatic rings. The minimum Gasteiger partial charge on any atom is -0.466 e. The predicted octanol–water partition coefficient (Wildman–Crippen LogP) is 3.32. The lowest BCUT2D eigenvalue weighted by Gasteiger charge is -2.31. The second-order valence-electron chi connectivity index (χ2n) is 9.14. The normalized spacial score (nSPS) is 14.6. The molecule has 1 fully saturated rings. The molecular weight excluding hydrogens is 505 g/mol. The maximum Gasteiger partial charge on any atom is 0.409 e. The minimum atomic E-state index is -0.856. The molecule has 11 nitrogen and oxygen atoms in total. The number of carbonyl (C=O) groups excluding carboxylic acids is 1. The number of ether oxygens (including phenoxy) is 2. The average Bonchev–Trinajstić information content (AvgIpc) is 3.55. The fourth-order valence-electron chi connectivity index (χ4n) is 4.81. The summed E-state index contributed by atoms with van der Waals surface area (Å²) in [6.45, 7) is 4.44. The van der Waals surface area contributed by atoms with Crippen molar-refractivity contribution < 1.29 is 23.8 Å². The molecule has 1 amide bonds. The van der Waals surface area contributed by atoms with Gasteiger partial charge in [0.05, 0.1) is 43.5 Å². The van der Waals surface area contributed by atoms with Crippen molar-refractivity contribution in [1.29, 1.82) is 0 Å². The van der Waals surface area contributed by atoms with Crippen molar-refractivity contribution in [1.82, 2.24) is 34.3 Å². The number of rotatable bonds is 6. The standard InChI is InChI=1S/C27H28FN7O4/c1-4-5-21-15-30-24-12-18(13-25(34(21)24)39-23(16-36)22-7-6-19(28)14-29-22)26-17(2)35(32-31-26)20-8-10-33(11-9-20)27(37)38-3/h6-7,12-15,20,23,36H,8-11,16H2,1-3H3. The first kappa shape index (κ1) is 26.1. The quantitative estimate of drug-likeness (QED) is 0.375. The summed E-state index contributed by atoms with van der Waals surface area (Å²) >= 11 is 0. The maximum atomic E-state index is 13.4. The molecule has 5 rings (SSSR count). The van der Waals surface area contributed by atoms with E-state index >= 15 is 0 Å². The van der Waals surface area contributed by atoms with Crippen LogP contribution in [0.5, 0.6) is 5.88 Å². The molecule has 0 saturated carbocycles. The summed E-state index contributed by atoms with van der Waals surface area (Å²) in [7, 11) is 1.38. The molecule has 0 aromatic carbocycles. The fourth-order valence-corrected chi connectivity index (χ4v) is 4.81. The molecule has 5 heterocycles. The topological polar surface area (TPSA) is 120 Å². The Bertz CT molecular complexity index is 1550. The van der Waals surface area contributed by atoms with Gasteiger partial charge < -0.3 is 19.5 Å². The zero-order valence-electron chi connectivity index (χ0n) is 21.8. The molecule has 0 radical (unpaired) electrons. The van der Waals surface area contributed by atoms with Crippen LogP contribution in [0.1, 0.15) is 49.0 Å². The molecule has 1 N–H and O–H groups in total. The third-order valence-electron chi connectivity index (χ3n) is 6.78.